The van der Waals surface area contributed by atoms with E-state index in [1.807, 2.05) is 19.1 Å². The van der Waals surface area contributed by atoms with E-state index in [1.165, 1.54) is 0 Å². The number of carbonyl (C=O) groups excluding carboxylic acids is 1. The summed E-state index contributed by atoms with van der Waals surface area (Å²) in [5.41, 5.74) is 1.08. The predicted molar refractivity (Wildman–Crippen MR) is 71.6 cm³/mol. The largest absolute Gasteiger partial charge is 0.508 e. The van der Waals surface area contributed by atoms with Crippen molar-refractivity contribution in [3.63, 3.8) is 0 Å². The molecule has 3 nitrogen and oxygen atoms in total. The van der Waals surface area contributed by atoms with E-state index in [1.54, 1.807) is 12.1 Å². The number of phenols is 1. The quantitative estimate of drug-likeness (QED) is 0.786. The average Bonchev–Trinajstić information content (AvgIpc) is 2.28. The minimum Gasteiger partial charge on any atom is -0.508 e. The fourth-order valence-corrected chi connectivity index (χ4v) is 2.07. The molecule has 3 heteroatoms. The molecule has 0 heterocycles. The number of aromatic hydroxyl groups is 1. The highest BCUT2D eigenvalue weighted by Crippen LogP contribution is 2.28. The monoisotopic (exact) mass is 250 g/mol. The molecular weight excluding hydrogens is 228 g/mol. The smallest absolute Gasteiger partial charge is 0.306 e. The third-order valence-electron chi connectivity index (χ3n) is 2.84. The van der Waals surface area contributed by atoms with Gasteiger partial charge in [0.1, 0.15) is 5.75 Å². The summed E-state index contributed by atoms with van der Waals surface area (Å²) >= 11 is 0. The molecule has 100 valence electrons. The first-order chi connectivity index (χ1) is 8.52. The molecule has 0 spiro atoms. The lowest BCUT2D eigenvalue weighted by atomic mass is 9.88. The fourth-order valence-electron chi connectivity index (χ4n) is 2.07. The van der Waals surface area contributed by atoms with Crippen LogP contribution in [0.4, 0.5) is 0 Å². The summed E-state index contributed by atoms with van der Waals surface area (Å²) in [6, 6.07) is 7.07. The molecule has 0 aliphatic carbocycles. The maximum absolute atomic E-state index is 11.6. The van der Waals surface area contributed by atoms with Gasteiger partial charge in [-0.05, 0) is 42.9 Å². The summed E-state index contributed by atoms with van der Waals surface area (Å²) in [4.78, 5) is 11.6. The van der Waals surface area contributed by atoms with E-state index in [0.717, 1.165) is 12.0 Å². The Labute approximate surface area is 109 Å². The fraction of sp³-hybridized carbons (Fsp3) is 0.533. The van der Waals surface area contributed by atoms with Crippen LogP contribution in [0.1, 0.15) is 45.1 Å². The van der Waals surface area contributed by atoms with Crippen LogP contribution in [0.15, 0.2) is 24.3 Å². The Balaban J connectivity index is 2.77. The third kappa shape index (κ3) is 4.78. The summed E-state index contributed by atoms with van der Waals surface area (Å²) in [5.74, 6) is 0.761. The number of carbonyl (C=O) groups is 1. The number of esters is 1. The summed E-state index contributed by atoms with van der Waals surface area (Å²) < 4.78 is 5.01. The minimum atomic E-state index is -0.156. The van der Waals surface area contributed by atoms with Crippen molar-refractivity contribution < 1.29 is 14.6 Å². The van der Waals surface area contributed by atoms with Gasteiger partial charge in [-0.1, -0.05) is 26.0 Å². The first kappa shape index (κ1) is 14.6. The summed E-state index contributed by atoms with van der Waals surface area (Å²) in [6.45, 7) is 6.51. The van der Waals surface area contributed by atoms with Crippen LogP contribution in [0.3, 0.4) is 0 Å². The Morgan fingerprint density at radius 1 is 1.28 bits per heavy atom. The number of hydrogen-bond acceptors (Lipinski definition) is 3. The lowest BCUT2D eigenvalue weighted by molar-refractivity contribution is -0.143. The van der Waals surface area contributed by atoms with Crippen LogP contribution < -0.4 is 0 Å². The van der Waals surface area contributed by atoms with Crippen LogP contribution in [0.5, 0.6) is 5.75 Å². The van der Waals surface area contributed by atoms with Gasteiger partial charge < -0.3 is 9.84 Å². The lowest BCUT2D eigenvalue weighted by Crippen LogP contribution is -2.12. The third-order valence-corrected chi connectivity index (χ3v) is 2.84. The molecule has 0 aromatic heterocycles. The summed E-state index contributed by atoms with van der Waals surface area (Å²) in [6.07, 6.45) is 1.33. The van der Waals surface area contributed by atoms with E-state index in [-0.39, 0.29) is 17.6 Å². The number of ether oxygens (including phenoxy) is 1. The van der Waals surface area contributed by atoms with Gasteiger partial charge in [0.2, 0.25) is 0 Å². The molecule has 0 radical (unpaired) electrons. The van der Waals surface area contributed by atoms with Crippen LogP contribution in [0.2, 0.25) is 0 Å². The van der Waals surface area contributed by atoms with Gasteiger partial charge >= 0.3 is 5.97 Å². The zero-order valence-electron chi connectivity index (χ0n) is 11.3. The molecule has 0 aliphatic rings. The molecule has 0 aliphatic heterocycles. The average molecular weight is 250 g/mol. The maximum atomic E-state index is 11.6. The highest BCUT2D eigenvalue weighted by molar-refractivity contribution is 5.70. The van der Waals surface area contributed by atoms with Crippen molar-refractivity contribution in [2.75, 3.05) is 6.61 Å². The molecule has 18 heavy (non-hydrogen) atoms. The molecule has 0 bridgehead atoms. The van der Waals surface area contributed by atoms with Gasteiger partial charge in [-0.3, -0.25) is 4.79 Å². The Kier molecular flexibility index (Phi) is 5.69. The summed E-state index contributed by atoms with van der Waals surface area (Å²) in [7, 11) is 0. The molecule has 1 N–H and O–H groups in total. The van der Waals surface area contributed by atoms with Crippen LogP contribution >= 0.6 is 0 Å². The normalized spacial score (nSPS) is 12.4. The molecule has 1 aromatic carbocycles. The van der Waals surface area contributed by atoms with Crippen LogP contribution in [0.25, 0.3) is 0 Å². The van der Waals surface area contributed by atoms with Gasteiger partial charge in [0, 0.05) is 0 Å². The van der Waals surface area contributed by atoms with E-state index in [2.05, 4.69) is 13.8 Å². The van der Waals surface area contributed by atoms with Crippen molar-refractivity contribution in [3.8, 4) is 5.75 Å². The minimum absolute atomic E-state index is 0.156. The van der Waals surface area contributed by atoms with Gasteiger partial charge in [-0.2, -0.15) is 0 Å². The second kappa shape index (κ2) is 7.04. The van der Waals surface area contributed by atoms with Crippen molar-refractivity contribution in [2.45, 2.75) is 39.5 Å². The predicted octanol–water partition coefficient (Wildman–Crippen LogP) is 3.48. The topological polar surface area (TPSA) is 46.5 Å². The Morgan fingerprint density at radius 3 is 2.39 bits per heavy atom. The Bertz CT molecular complexity index is 368. The zero-order valence-corrected chi connectivity index (χ0v) is 11.3. The number of hydrogen-bond donors (Lipinski definition) is 1. The van der Waals surface area contributed by atoms with E-state index < -0.39 is 0 Å². The molecule has 0 unspecified atom stereocenters. The zero-order chi connectivity index (χ0) is 13.5. The number of rotatable bonds is 6. The van der Waals surface area contributed by atoms with Crippen LogP contribution in [-0.4, -0.2) is 17.7 Å². The molecule has 1 rings (SSSR count). The standard InChI is InChI=1S/C15H22O3/c1-4-18-15(17)10-13(9-11(2)3)12-5-7-14(16)8-6-12/h5-8,11,13,16H,4,9-10H2,1-3H3/t13-/m1/s1. The van der Waals surface area contributed by atoms with Crippen molar-refractivity contribution in [1.29, 1.82) is 0 Å². The van der Waals surface area contributed by atoms with Crippen molar-refractivity contribution in [2.24, 2.45) is 5.92 Å². The first-order valence-electron chi connectivity index (χ1n) is 6.47. The highest BCUT2D eigenvalue weighted by Gasteiger charge is 2.18. The van der Waals surface area contributed by atoms with Gasteiger partial charge in [0.15, 0.2) is 0 Å². The maximum Gasteiger partial charge on any atom is 0.306 e. The van der Waals surface area contributed by atoms with E-state index in [0.29, 0.717) is 18.9 Å². The van der Waals surface area contributed by atoms with Gasteiger partial charge in [0.05, 0.1) is 13.0 Å². The molecule has 0 saturated carbocycles. The highest BCUT2D eigenvalue weighted by atomic mass is 16.5. The molecule has 0 fully saturated rings. The molecular formula is C15H22O3. The summed E-state index contributed by atoms with van der Waals surface area (Å²) in [5, 5.41) is 9.29. The molecule has 1 aromatic rings. The van der Waals surface area contributed by atoms with Crippen molar-refractivity contribution in [3.05, 3.63) is 29.8 Å². The van der Waals surface area contributed by atoms with Crippen LogP contribution in [-0.2, 0) is 9.53 Å². The van der Waals surface area contributed by atoms with E-state index >= 15 is 0 Å². The number of phenolic OH excluding ortho intramolecular Hbond substituents is 1. The van der Waals surface area contributed by atoms with E-state index in [9.17, 15) is 9.90 Å². The molecule has 0 amide bonds. The molecule has 1 atom stereocenters. The molecule has 0 saturated heterocycles. The van der Waals surface area contributed by atoms with E-state index in [4.69, 9.17) is 4.74 Å². The van der Waals surface area contributed by atoms with Gasteiger partial charge in [-0.25, -0.2) is 0 Å². The lowest BCUT2D eigenvalue weighted by Gasteiger charge is -2.18. The van der Waals surface area contributed by atoms with Gasteiger partial charge in [-0.15, -0.1) is 0 Å². The second-order valence-electron chi connectivity index (χ2n) is 4.93. The van der Waals surface area contributed by atoms with Crippen molar-refractivity contribution in [1.82, 2.24) is 0 Å². The first-order valence-corrected chi connectivity index (χ1v) is 6.47. The van der Waals surface area contributed by atoms with Crippen molar-refractivity contribution >= 4 is 5.97 Å². The SMILES string of the molecule is CCOC(=O)C[C@@H](CC(C)C)c1ccc(O)cc1. The number of benzene rings is 1. The Morgan fingerprint density at radius 2 is 1.89 bits per heavy atom. The second-order valence-corrected chi connectivity index (χ2v) is 4.93. The van der Waals surface area contributed by atoms with Crippen LogP contribution in [0, 0.1) is 5.92 Å². The Hall–Kier alpha value is -1.51. The van der Waals surface area contributed by atoms with Gasteiger partial charge in [0.25, 0.3) is 0 Å².